The summed E-state index contributed by atoms with van der Waals surface area (Å²) in [6.45, 7) is 8.67. The molecule has 2 aromatic carbocycles. The average Bonchev–Trinajstić information content (AvgIpc) is 3.45. The van der Waals surface area contributed by atoms with Crippen molar-refractivity contribution in [2.45, 2.75) is 56.9 Å². The van der Waals surface area contributed by atoms with Crippen LogP contribution in [0.25, 0.3) is 0 Å². The Hall–Kier alpha value is -2.62. The summed E-state index contributed by atoms with van der Waals surface area (Å²) in [6.07, 6.45) is 1.38. The lowest BCUT2D eigenvalue weighted by Crippen LogP contribution is -2.30. The van der Waals surface area contributed by atoms with E-state index in [2.05, 4.69) is 36.3 Å². The van der Waals surface area contributed by atoms with Gasteiger partial charge in [-0.05, 0) is 55.0 Å². The van der Waals surface area contributed by atoms with Gasteiger partial charge in [0.2, 0.25) is 15.0 Å². The molecule has 1 amide bonds. The first kappa shape index (κ1) is 23.5. The van der Waals surface area contributed by atoms with Crippen molar-refractivity contribution in [3.63, 3.8) is 0 Å². The first-order valence-corrected chi connectivity index (χ1v) is 13.2. The molecule has 0 radical (unpaired) electrons. The van der Waals surface area contributed by atoms with Crippen LogP contribution >= 0.6 is 11.3 Å². The highest BCUT2D eigenvalue weighted by Gasteiger charge is 2.38. The minimum absolute atomic E-state index is 0.0550. The molecule has 7 nitrogen and oxygen atoms in total. The van der Waals surface area contributed by atoms with Crippen LogP contribution in [0.4, 0.5) is 5.69 Å². The van der Waals surface area contributed by atoms with Crippen molar-refractivity contribution in [2.75, 3.05) is 11.9 Å². The summed E-state index contributed by atoms with van der Waals surface area (Å²) in [6, 6.07) is 14.1. The molecule has 0 unspecified atom stereocenters. The van der Waals surface area contributed by atoms with E-state index in [0.29, 0.717) is 23.7 Å². The molecule has 1 N–H and O–H groups in total. The fraction of sp³-hybridized carbons (Fsp3) is 0.375. The average molecular weight is 485 g/mol. The molecular formula is C24H28N4O3S2. The topological polar surface area (TPSA) is 92.3 Å². The first-order valence-electron chi connectivity index (χ1n) is 10.9. The molecular weight excluding hydrogens is 456 g/mol. The van der Waals surface area contributed by atoms with Gasteiger partial charge in [0, 0.05) is 12.2 Å². The number of rotatable bonds is 5. The normalized spacial score (nSPS) is 17.3. The molecule has 1 aromatic heterocycles. The predicted octanol–water partition coefficient (Wildman–Crippen LogP) is 4.92. The van der Waals surface area contributed by atoms with Crippen molar-refractivity contribution in [1.29, 1.82) is 0 Å². The number of hydrogen-bond acceptors (Lipinski definition) is 6. The summed E-state index contributed by atoms with van der Waals surface area (Å²) in [5.74, 6) is -0.354. The molecule has 33 heavy (non-hydrogen) atoms. The summed E-state index contributed by atoms with van der Waals surface area (Å²) >= 11 is 1.14. The summed E-state index contributed by atoms with van der Waals surface area (Å²) in [4.78, 5) is 12.9. The van der Waals surface area contributed by atoms with Crippen molar-refractivity contribution >= 4 is 33.0 Å². The van der Waals surface area contributed by atoms with E-state index in [1.54, 1.807) is 12.1 Å². The molecule has 1 saturated heterocycles. The molecule has 0 aliphatic carbocycles. The molecule has 2 heterocycles. The van der Waals surface area contributed by atoms with Gasteiger partial charge in [-0.15, -0.1) is 10.2 Å². The van der Waals surface area contributed by atoms with Gasteiger partial charge in [-0.3, -0.25) is 4.79 Å². The maximum Gasteiger partial charge on any atom is 0.286 e. The van der Waals surface area contributed by atoms with Gasteiger partial charge in [0.05, 0.1) is 10.9 Å². The zero-order valence-electron chi connectivity index (χ0n) is 19.2. The predicted molar refractivity (Wildman–Crippen MR) is 130 cm³/mol. The number of benzene rings is 2. The Morgan fingerprint density at radius 3 is 2.36 bits per heavy atom. The zero-order chi connectivity index (χ0) is 23.8. The molecule has 0 bridgehead atoms. The Balaban J connectivity index is 1.53. The number of nitrogens with zero attached hydrogens (tertiary/aromatic N) is 3. The van der Waals surface area contributed by atoms with E-state index in [0.717, 1.165) is 28.9 Å². The van der Waals surface area contributed by atoms with Crippen molar-refractivity contribution in [2.24, 2.45) is 0 Å². The molecule has 1 fully saturated rings. The van der Waals surface area contributed by atoms with Crippen LogP contribution in [0.3, 0.4) is 0 Å². The Morgan fingerprint density at radius 1 is 1.06 bits per heavy atom. The standard InChI is InChI=1S/C24H28N4O3S2/c1-16-7-11-18(12-8-16)25-21(29)23-27-26-22(32-23)20-6-5-15-28(20)33(30,31)19-13-9-17(10-14-19)24(2,3)4/h7-14,20H,5-6,15H2,1-4H3,(H,25,29)/t20-/m0/s1. The van der Waals surface area contributed by atoms with Crippen LogP contribution in [-0.2, 0) is 15.4 Å². The summed E-state index contributed by atoms with van der Waals surface area (Å²) in [5, 5.41) is 11.8. The van der Waals surface area contributed by atoms with Crippen LogP contribution in [0.1, 0.15) is 65.6 Å². The van der Waals surface area contributed by atoms with Gasteiger partial charge in [-0.25, -0.2) is 8.42 Å². The minimum Gasteiger partial charge on any atom is -0.320 e. The molecule has 1 aliphatic heterocycles. The van der Waals surface area contributed by atoms with Crippen LogP contribution in [0.2, 0.25) is 0 Å². The van der Waals surface area contributed by atoms with Crippen molar-refractivity contribution < 1.29 is 13.2 Å². The lowest BCUT2D eigenvalue weighted by Gasteiger charge is -2.23. The lowest BCUT2D eigenvalue weighted by atomic mass is 9.87. The Morgan fingerprint density at radius 2 is 1.73 bits per heavy atom. The summed E-state index contributed by atoms with van der Waals surface area (Å²) in [5.41, 5.74) is 2.79. The van der Waals surface area contributed by atoms with Crippen LogP contribution in [0.15, 0.2) is 53.4 Å². The van der Waals surface area contributed by atoms with Crippen molar-refractivity contribution in [3.05, 3.63) is 69.7 Å². The fourth-order valence-corrected chi connectivity index (χ4v) is 6.43. The highest BCUT2D eigenvalue weighted by Crippen LogP contribution is 2.38. The largest absolute Gasteiger partial charge is 0.320 e. The van der Waals surface area contributed by atoms with E-state index >= 15 is 0 Å². The van der Waals surface area contributed by atoms with E-state index in [1.807, 2.05) is 43.3 Å². The Kier molecular flexibility index (Phi) is 6.39. The molecule has 1 atom stereocenters. The second-order valence-corrected chi connectivity index (χ2v) is 12.2. The number of hydrogen-bond donors (Lipinski definition) is 1. The number of sulfonamides is 1. The van der Waals surface area contributed by atoms with Crippen LogP contribution in [-0.4, -0.2) is 35.4 Å². The number of amides is 1. The SMILES string of the molecule is Cc1ccc(NC(=O)c2nnc([C@@H]3CCCN3S(=O)(=O)c3ccc(C(C)(C)C)cc3)s2)cc1. The molecule has 0 spiro atoms. The molecule has 174 valence electrons. The van der Waals surface area contributed by atoms with Gasteiger partial charge in [0.1, 0.15) is 5.01 Å². The van der Waals surface area contributed by atoms with Gasteiger partial charge in [0.25, 0.3) is 5.91 Å². The van der Waals surface area contributed by atoms with Crippen LogP contribution < -0.4 is 5.32 Å². The number of carbonyl (C=O) groups excluding carboxylic acids is 1. The third-order valence-electron chi connectivity index (χ3n) is 5.76. The van der Waals surface area contributed by atoms with Crippen molar-refractivity contribution in [1.82, 2.24) is 14.5 Å². The Labute approximate surface area is 198 Å². The van der Waals surface area contributed by atoms with E-state index in [1.165, 1.54) is 4.31 Å². The van der Waals surface area contributed by atoms with Gasteiger partial charge < -0.3 is 5.32 Å². The second-order valence-electron chi connectivity index (χ2n) is 9.31. The lowest BCUT2D eigenvalue weighted by molar-refractivity contribution is 0.102. The monoisotopic (exact) mass is 484 g/mol. The van der Waals surface area contributed by atoms with E-state index < -0.39 is 16.1 Å². The zero-order valence-corrected chi connectivity index (χ0v) is 20.8. The molecule has 1 aliphatic rings. The first-order chi connectivity index (χ1) is 15.6. The quantitative estimate of drug-likeness (QED) is 0.555. The van der Waals surface area contributed by atoms with E-state index in [-0.39, 0.29) is 21.2 Å². The summed E-state index contributed by atoms with van der Waals surface area (Å²) < 4.78 is 28.3. The fourth-order valence-electron chi connectivity index (χ4n) is 3.82. The smallest absolute Gasteiger partial charge is 0.286 e. The third-order valence-corrected chi connectivity index (χ3v) is 8.71. The molecule has 9 heteroatoms. The number of nitrogens with one attached hydrogen (secondary N) is 1. The van der Waals surface area contributed by atoms with Gasteiger partial charge >= 0.3 is 0 Å². The number of anilines is 1. The molecule has 4 rings (SSSR count). The van der Waals surface area contributed by atoms with Crippen LogP contribution in [0, 0.1) is 6.92 Å². The number of aryl methyl sites for hydroxylation is 1. The van der Waals surface area contributed by atoms with Crippen LogP contribution in [0.5, 0.6) is 0 Å². The van der Waals surface area contributed by atoms with Gasteiger partial charge in [-0.2, -0.15) is 4.31 Å². The maximum atomic E-state index is 13.4. The molecule has 3 aromatic rings. The van der Waals surface area contributed by atoms with Gasteiger partial charge in [0.15, 0.2) is 0 Å². The van der Waals surface area contributed by atoms with E-state index in [4.69, 9.17) is 0 Å². The highest BCUT2D eigenvalue weighted by atomic mass is 32.2. The highest BCUT2D eigenvalue weighted by molar-refractivity contribution is 7.89. The van der Waals surface area contributed by atoms with Gasteiger partial charge in [-0.1, -0.05) is 61.9 Å². The third kappa shape index (κ3) is 5.00. The minimum atomic E-state index is -3.69. The number of carbonyl (C=O) groups is 1. The number of aromatic nitrogens is 2. The summed E-state index contributed by atoms with van der Waals surface area (Å²) in [7, 11) is -3.69. The Bertz CT molecular complexity index is 1240. The second kappa shape index (κ2) is 8.96. The van der Waals surface area contributed by atoms with Crippen molar-refractivity contribution in [3.8, 4) is 0 Å². The molecule has 0 saturated carbocycles. The van der Waals surface area contributed by atoms with E-state index in [9.17, 15) is 13.2 Å². The maximum absolute atomic E-state index is 13.4.